The third-order valence-electron chi connectivity index (χ3n) is 11.0. The molecule has 0 radical (unpaired) electrons. The maximum absolute atomic E-state index is 11.8. The number of fused-ring (bicyclic) bond motifs is 1. The number of nitrogens with zero attached hydrogens (tertiary/aromatic N) is 3. The molecule has 4 aliphatic rings. The molecule has 186 valence electrons. The van der Waals surface area contributed by atoms with E-state index in [-0.39, 0.29) is 22.2 Å². The van der Waals surface area contributed by atoms with Crippen molar-refractivity contribution in [2.24, 2.45) is 33.0 Å². The summed E-state index contributed by atoms with van der Waals surface area (Å²) in [5.74, 6) is 1.76. The average Bonchev–Trinajstić information content (AvgIpc) is 3.29. The molecule has 1 aromatic heterocycles. The van der Waals surface area contributed by atoms with E-state index in [0.29, 0.717) is 22.7 Å². The van der Waals surface area contributed by atoms with E-state index < -0.39 is 0 Å². The summed E-state index contributed by atoms with van der Waals surface area (Å²) in [6.07, 6.45) is 18.6. The van der Waals surface area contributed by atoms with Crippen LogP contribution in [0.1, 0.15) is 112 Å². The Morgan fingerprint density at radius 3 is 2.41 bits per heavy atom. The first-order valence-corrected chi connectivity index (χ1v) is 13.6. The molecule has 1 N–H and O–H groups in total. The molecule has 5 nitrogen and oxygen atoms in total. The van der Waals surface area contributed by atoms with Crippen molar-refractivity contribution in [3.8, 4) is 0 Å². The van der Waals surface area contributed by atoms with Gasteiger partial charge in [0.2, 0.25) is 11.9 Å². The summed E-state index contributed by atoms with van der Waals surface area (Å²) >= 11 is 0. The summed E-state index contributed by atoms with van der Waals surface area (Å²) in [5, 5.41) is 7.74. The molecule has 3 saturated carbocycles. The quantitative estimate of drug-likeness (QED) is 0.509. The van der Waals surface area contributed by atoms with Crippen LogP contribution in [-0.4, -0.2) is 20.7 Å². The topological polar surface area (TPSA) is 59.8 Å². The van der Waals surface area contributed by atoms with Gasteiger partial charge in [0.25, 0.3) is 0 Å². The number of carbonyl (C=O) groups is 1. The van der Waals surface area contributed by atoms with E-state index in [1.807, 2.05) is 0 Å². The molecule has 3 fully saturated rings. The lowest BCUT2D eigenvalue weighted by molar-refractivity contribution is -0.114. The molecule has 4 atom stereocenters. The van der Waals surface area contributed by atoms with Crippen LogP contribution in [-0.2, 0) is 4.79 Å². The van der Waals surface area contributed by atoms with Crippen LogP contribution in [0.5, 0.6) is 0 Å². The lowest BCUT2D eigenvalue weighted by atomic mass is 9.44. The SMILES string of the molecule is CC(=O)Nc1nc2n(n1)C(C13CCC4(C)CCCCCC(C(C)C)(CC1)C43C)=CC(C)(C)C=C2. The molecule has 5 heteroatoms. The molecule has 1 aromatic rings. The molecule has 1 amide bonds. The van der Waals surface area contributed by atoms with Gasteiger partial charge >= 0.3 is 0 Å². The molecule has 0 spiro atoms. The molecular formula is C29H44N4O. The van der Waals surface area contributed by atoms with Crippen LogP contribution in [0.15, 0.2) is 12.2 Å². The van der Waals surface area contributed by atoms with Gasteiger partial charge in [-0.05, 0) is 66.8 Å². The third-order valence-corrected chi connectivity index (χ3v) is 11.0. The van der Waals surface area contributed by atoms with E-state index in [1.54, 1.807) is 0 Å². The van der Waals surface area contributed by atoms with Crippen molar-refractivity contribution in [2.45, 2.75) is 106 Å². The Morgan fingerprint density at radius 1 is 1.00 bits per heavy atom. The molecule has 3 aliphatic carbocycles. The second kappa shape index (κ2) is 7.54. The van der Waals surface area contributed by atoms with Gasteiger partial charge in [0.15, 0.2) is 5.82 Å². The van der Waals surface area contributed by atoms with E-state index in [4.69, 9.17) is 10.1 Å². The van der Waals surface area contributed by atoms with Gasteiger partial charge < -0.3 is 0 Å². The summed E-state index contributed by atoms with van der Waals surface area (Å²) < 4.78 is 2.10. The van der Waals surface area contributed by atoms with Gasteiger partial charge in [-0.15, -0.1) is 5.10 Å². The van der Waals surface area contributed by atoms with Gasteiger partial charge in [-0.3, -0.25) is 10.1 Å². The van der Waals surface area contributed by atoms with E-state index in [0.717, 1.165) is 5.82 Å². The predicted molar refractivity (Wildman–Crippen MR) is 139 cm³/mol. The van der Waals surface area contributed by atoms with E-state index >= 15 is 0 Å². The van der Waals surface area contributed by atoms with Gasteiger partial charge in [-0.1, -0.05) is 73.0 Å². The first kappa shape index (κ1) is 23.8. The van der Waals surface area contributed by atoms with E-state index in [1.165, 1.54) is 70.4 Å². The van der Waals surface area contributed by atoms with Crippen molar-refractivity contribution in [3.63, 3.8) is 0 Å². The minimum Gasteiger partial charge on any atom is -0.293 e. The van der Waals surface area contributed by atoms with Gasteiger partial charge in [0.05, 0.1) is 0 Å². The largest absolute Gasteiger partial charge is 0.293 e. The zero-order valence-corrected chi connectivity index (χ0v) is 22.4. The maximum atomic E-state index is 11.8. The Hall–Kier alpha value is -1.91. The monoisotopic (exact) mass is 464 g/mol. The number of allylic oxidation sites excluding steroid dienone is 3. The van der Waals surface area contributed by atoms with Crippen LogP contribution in [0.3, 0.4) is 0 Å². The number of hydrogen-bond donors (Lipinski definition) is 1. The Balaban J connectivity index is 1.75. The van der Waals surface area contributed by atoms with Crippen molar-refractivity contribution in [1.82, 2.24) is 14.8 Å². The number of nitrogens with one attached hydrogen (secondary N) is 1. The fourth-order valence-electron chi connectivity index (χ4n) is 9.17. The number of hydrogen-bond acceptors (Lipinski definition) is 3. The first-order valence-electron chi connectivity index (χ1n) is 13.6. The summed E-state index contributed by atoms with van der Waals surface area (Å²) in [7, 11) is 0. The summed E-state index contributed by atoms with van der Waals surface area (Å²) in [6, 6.07) is 0. The summed E-state index contributed by atoms with van der Waals surface area (Å²) in [6.45, 7) is 16.4. The molecule has 5 rings (SSSR count). The second-order valence-corrected chi connectivity index (χ2v) is 13.2. The van der Waals surface area contributed by atoms with Gasteiger partial charge in [-0.2, -0.15) is 4.98 Å². The predicted octanol–water partition coefficient (Wildman–Crippen LogP) is 7.32. The van der Waals surface area contributed by atoms with Crippen LogP contribution in [0.4, 0.5) is 5.95 Å². The molecule has 0 saturated heterocycles. The van der Waals surface area contributed by atoms with E-state index in [2.05, 4.69) is 69.8 Å². The van der Waals surface area contributed by atoms with Crippen molar-refractivity contribution in [1.29, 1.82) is 0 Å². The third kappa shape index (κ3) is 3.00. The molecule has 1 aliphatic heterocycles. The zero-order chi connectivity index (χ0) is 24.6. The lowest BCUT2D eigenvalue weighted by Crippen LogP contribution is -2.54. The summed E-state index contributed by atoms with van der Waals surface area (Å²) in [4.78, 5) is 16.5. The molecule has 2 heterocycles. The highest BCUT2D eigenvalue weighted by Crippen LogP contribution is 2.83. The van der Waals surface area contributed by atoms with Crippen molar-refractivity contribution in [3.05, 3.63) is 18.0 Å². The fourth-order valence-corrected chi connectivity index (χ4v) is 9.17. The van der Waals surface area contributed by atoms with Crippen LogP contribution in [0.2, 0.25) is 0 Å². The summed E-state index contributed by atoms with van der Waals surface area (Å²) in [5.41, 5.74) is 2.15. The van der Waals surface area contributed by atoms with Crippen LogP contribution < -0.4 is 5.32 Å². The minimum atomic E-state index is -0.131. The van der Waals surface area contributed by atoms with Crippen molar-refractivity contribution >= 4 is 23.6 Å². The number of carbonyl (C=O) groups excluding carboxylic acids is 1. The molecular weight excluding hydrogens is 420 g/mol. The standard InChI is InChI=1S/C29H44N4O/c1-20(2)28-13-10-8-9-12-26(6)15-16-29(18-17-28,27(26,28)7)22-19-25(4,5)14-11-23-31-24(30-21(3)34)32-33(22)23/h11,14,19-20H,8-10,12-13,15-18H2,1-7H3,(H,30,32,34). The first-order chi connectivity index (χ1) is 15.9. The number of rotatable bonds is 3. The highest BCUT2D eigenvalue weighted by molar-refractivity contribution is 5.86. The molecule has 0 bridgehead atoms. The lowest BCUT2D eigenvalue weighted by Gasteiger charge is -2.60. The van der Waals surface area contributed by atoms with Crippen LogP contribution >= 0.6 is 0 Å². The second-order valence-electron chi connectivity index (χ2n) is 13.2. The smallest absolute Gasteiger partial charge is 0.249 e. The Morgan fingerprint density at radius 2 is 1.71 bits per heavy atom. The average molecular weight is 465 g/mol. The molecule has 4 unspecified atom stereocenters. The van der Waals surface area contributed by atoms with E-state index in [9.17, 15) is 4.79 Å². The Bertz CT molecular complexity index is 1060. The highest BCUT2D eigenvalue weighted by atomic mass is 16.1. The number of aromatic nitrogens is 3. The van der Waals surface area contributed by atoms with Gasteiger partial charge in [0, 0.05) is 23.5 Å². The highest BCUT2D eigenvalue weighted by Gasteiger charge is 2.75. The molecule has 34 heavy (non-hydrogen) atoms. The minimum absolute atomic E-state index is 0.0581. The molecule has 0 aromatic carbocycles. The normalized spacial score (nSPS) is 38.5. The van der Waals surface area contributed by atoms with Crippen LogP contribution in [0, 0.1) is 33.0 Å². The van der Waals surface area contributed by atoms with Gasteiger partial charge in [-0.25, -0.2) is 4.68 Å². The van der Waals surface area contributed by atoms with Crippen LogP contribution in [0.25, 0.3) is 11.8 Å². The maximum Gasteiger partial charge on any atom is 0.249 e. The van der Waals surface area contributed by atoms with Crippen molar-refractivity contribution in [2.75, 3.05) is 5.32 Å². The van der Waals surface area contributed by atoms with Gasteiger partial charge in [0.1, 0.15) is 0 Å². The Kier molecular flexibility index (Phi) is 5.28. The number of amides is 1. The fraction of sp³-hybridized carbons (Fsp3) is 0.759. The zero-order valence-electron chi connectivity index (χ0n) is 22.4. The van der Waals surface area contributed by atoms with Crippen molar-refractivity contribution < 1.29 is 4.79 Å². The Labute approximate surface area is 205 Å². The number of anilines is 1.